The van der Waals surface area contributed by atoms with Crippen LogP contribution < -0.4 is 0 Å². The number of likely N-dealkylation sites (N-methyl/N-ethyl adjacent to an activating group) is 1. The van der Waals surface area contributed by atoms with Crippen molar-refractivity contribution in [2.24, 2.45) is 0 Å². The highest BCUT2D eigenvalue weighted by Crippen LogP contribution is 2.14. The zero-order chi connectivity index (χ0) is 10.6. The van der Waals surface area contributed by atoms with Crippen LogP contribution in [0.3, 0.4) is 0 Å². The van der Waals surface area contributed by atoms with Crippen LogP contribution in [0, 0.1) is 0 Å². The zero-order valence-electron chi connectivity index (χ0n) is 9.38. The maximum Gasteiger partial charge on any atom is 0.0121 e. The number of allylic oxidation sites excluding steroid dienone is 1. The van der Waals surface area contributed by atoms with Gasteiger partial charge in [-0.2, -0.15) is 0 Å². The smallest absolute Gasteiger partial charge is 0.0121 e. The Morgan fingerprint density at radius 1 is 1.21 bits per heavy atom. The summed E-state index contributed by atoms with van der Waals surface area (Å²) in [4.78, 5) is 2.08. The summed E-state index contributed by atoms with van der Waals surface area (Å²) in [5.74, 6) is 0. The average molecular weight is 189 g/mol. The molecule has 0 N–H and O–H groups in total. The van der Waals surface area contributed by atoms with Gasteiger partial charge in [-0.25, -0.2) is 0 Å². The van der Waals surface area contributed by atoms with Crippen molar-refractivity contribution in [3.63, 3.8) is 0 Å². The quantitative estimate of drug-likeness (QED) is 0.704. The maximum absolute atomic E-state index is 4.05. The lowest BCUT2D eigenvalue weighted by Crippen LogP contribution is -2.12. The number of hydrogen-bond acceptors (Lipinski definition) is 1. The van der Waals surface area contributed by atoms with Gasteiger partial charge in [-0.15, -0.1) is 0 Å². The Morgan fingerprint density at radius 2 is 1.79 bits per heavy atom. The molecule has 0 spiro atoms. The van der Waals surface area contributed by atoms with Crippen LogP contribution in [0.2, 0.25) is 0 Å². The molecule has 1 heteroatoms. The van der Waals surface area contributed by atoms with E-state index in [1.165, 1.54) is 11.1 Å². The first-order valence-corrected chi connectivity index (χ1v) is 5.07. The van der Waals surface area contributed by atoms with Gasteiger partial charge in [-0.1, -0.05) is 37.8 Å². The fourth-order valence-corrected chi connectivity index (χ4v) is 1.45. The molecule has 0 bridgehead atoms. The van der Waals surface area contributed by atoms with E-state index in [0.29, 0.717) is 0 Å². The normalized spacial score (nSPS) is 9.93. The Kier molecular flexibility index (Phi) is 3.75. The Hall–Kier alpha value is -1.24. The van der Waals surface area contributed by atoms with E-state index < -0.39 is 0 Å². The number of benzene rings is 1. The van der Waals surface area contributed by atoms with Gasteiger partial charge in [0.15, 0.2) is 0 Å². The predicted octanol–water partition coefficient (Wildman–Crippen LogP) is 2.87. The molecule has 0 fully saturated rings. The Morgan fingerprint density at radius 3 is 2.29 bits per heavy atom. The van der Waals surface area contributed by atoms with Crippen molar-refractivity contribution >= 4 is 0 Å². The second kappa shape index (κ2) is 4.85. The van der Waals surface area contributed by atoms with Gasteiger partial charge in [0.2, 0.25) is 0 Å². The van der Waals surface area contributed by atoms with Gasteiger partial charge < -0.3 is 4.90 Å². The predicted molar refractivity (Wildman–Crippen MR) is 62.4 cm³/mol. The molecule has 1 aromatic rings. The van der Waals surface area contributed by atoms with E-state index in [1.807, 2.05) is 14.1 Å². The van der Waals surface area contributed by atoms with Crippen molar-refractivity contribution in [1.29, 1.82) is 0 Å². The Balaban J connectivity index is 2.80. The molecular weight excluding hydrogens is 170 g/mol. The van der Waals surface area contributed by atoms with Crippen LogP contribution in [0.25, 0.3) is 0 Å². The van der Waals surface area contributed by atoms with Gasteiger partial charge in [-0.3, -0.25) is 0 Å². The third-order valence-electron chi connectivity index (χ3n) is 2.53. The van der Waals surface area contributed by atoms with Gasteiger partial charge in [0.25, 0.3) is 0 Å². The van der Waals surface area contributed by atoms with Crippen LogP contribution in [0.15, 0.2) is 36.5 Å². The van der Waals surface area contributed by atoms with Crippen molar-refractivity contribution in [3.05, 3.63) is 47.7 Å². The summed E-state index contributed by atoms with van der Waals surface area (Å²) in [6.07, 6.45) is 2.05. The van der Waals surface area contributed by atoms with E-state index >= 15 is 0 Å². The van der Waals surface area contributed by atoms with Crippen LogP contribution in [-0.4, -0.2) is 19.0 Å². The van der Waals surface area contributed by atoms with Crippen LogP contribution in [0.5, 0.6) is 0 Å². The van der Waals surface area contributed by atoms with E-state index in [0.717, 1.165) is 18.5 Å². The minimum atomic E-state index is 0.955. The molecule has 0 aromatic heterocycles. The summed E-state index contributed by atoms with van der Waals surface area (Å²) in [5.41, 5.74) is 3.98. The topological polar surface area (TPSA) is 3.24 Å². The van der Waals surface area contributed by atoms with Crippen molar-refractivity contribution in [1.82, 2.24) is 4.90 Å². The molecule has 76 valence electrons. The third kappa shape index (κ3) is 2.63. The van der Waals surface area contributed by atoms with Gasteiger partial charge in [-0.05, 0) is 17.5 Å². The monoisotopic (exact) mass is 189 g/mol. The maximum atomic E-state index is 4.05. The molecule has 0 heterocycles. The first kappa shape index (κ1) is 10.8. The number of rotatable bonds is 4. The number of nitrogens with zero attached hydrogens (tertiary/aromatic N) is 1. The first-order valence-electron chi connectivity index (χ1n) is 5.07. The van der Waals surface area contributed by atoms with Crippen LogP contribution in [0.4, 0.5) is 0 Å². The Labute approximate surface area is 87.1 Å². The lowest BCUT2D eigenvalue weighted by molar-refractivity contribution is 0.500. The second-order valence-corrected chi connectivity index (χ2v) is 3.76. The molecule has 0 aliphatic heterocycles. The average Bonchev–Trinajstić information content (AvgIpc) is 2.18. The second-order valence-electron chi connectivity index (χ2n) is 3.76. The van der Waals surface area contributed by atoms with E-state index in [1.54, 1.807) is 0 Å². The van der Waals surface area contributed by atoms with E-state index in [-0.39, 0.29) is 0 Å². The summed E-state index contributed by atoms with van der Waals surface area (Å²) in [6, 6.07) is 8.57. The van der Waals surface area contributed by atoms with E-state index in [9.17, 15) is 0 Å². The molecule has 0 aliphatic carbocycles. The fourth-order valence-electron chi connectivity index (χ4n) is 1.45. The van der Waals surface area contributed by atoms with Gasteiger partial charge in [0, 0.05) is 26.2 Å². The zero-order valence-corrected chi connectivity index (χ0v) is 9.38. The van der Waals surface area contributed by atoms with Crippen LogP contribution in [0.1, 0.15) is 18.1 Å². The molecule has 0 saturated heterocycles. The van der Waals surface area contributed by atoms with Gasteiger partial charge >= 0.3 is 0 Å². The Bertz CT molecular complexity index is 313. The molecule has 14 heavy (non-hydrogen) atoms. The standard InChI is InChI=1S/C13H19N/c1-5-12-8-6-7-9-13(12)10-11(2)14(3)4/h6-9H,2,5,10H2,1,3-4H3. The third-order valence-corrected chi connectivity index (χ3v) is 2.53. The highest BCUT2D eigenvalue weighted by Gasteiger charge is 2.02. The van der Waals surface area contributed by atoms with Gasteiger partial charge in [0.1, 0.15) is 0 Å². The molecule has 0 saturated carbocycles. The highest BCUT2D eigenvalue weighted by molar-refractivity contribution is 5.30. The minimum absolute atomic E-state index is 0.955. The van der Waals surface area contributed by atoms with Crippen molar-refractivity contribution in [3.8, 4) is 0 Å². The van der Waals surface area contributed by atoms with Crippen LogP contribution >= 0.6 is 0 Å². The molecule has 0 radical (unpaired) electrons. The number of aryl methyl sites for hydroxylation is 1. The molecule has 1 aromatic carbocycles. The van der Waals surface area contributed by atoms with Crippen molar-refractivity contribution in [2.45, 2.75) is 19.8 Å². The number of hydrogen-bond donors (Lipinski definition) is 0. The lowest BCUT2D eigenvalue weighted by atomic mass is 10.0. The fraction of sp³-hybridized carbons (Fsp3) is 0.385. The largest absolute Gasteiger partial charge is 0.381 e. The highest BCUT2D eigenvalue weighted by atomic mass is 15.1. The minimum Gasteiger partial charge on any atom is -0.381 e. The molecule has 0 aliphatic rings. The summed E-state index contributed by atoms with van der Waals surface area (Å²) < 4.78 is 0. The van der Waals surface area contributed by atoms with Crippen molar-refractivity contribution < 1.29 is 0 Å². The molecule has 1 nitrogen and oxygen atoms in total. The molecule has 0 atom stereocenters. The molecule has 0 amide bonds. The molecule has 0 unspecified atom stereocenters. The van der Waals surface area contributed by atoms with E-state index in [4.69, 9.17) is 0 Å². The molecule has 1 rings (SSSR count). The summed E-state index contributed by atoms with van der Waals surface area (Å²) in [7, 11) is 4.08. The van der Waals surface area contributed by atoms with Crippen LogP contribution in [-0.2, 0) is 12.8 Å². The van der Waals surface area contributed by atoms with E-state index in [2.05, 4.69) is 42.7 Å². The lowest BCUT2D eigenvalue weighted by Gasteiger charge is -2.17. The SMILES string of the molecule is C=C(Cc1ccccc1CC)N(C)C. The summed E-state index contributed by atoms with van der Waals surface area (Å²) >= 11 is 0. The summed E-state index contributed by atoms with van der Waals surface area (Å²) in [6.45, 7) is 6.24. The summed E-state index contributed by atoms with van der Waals surface area (Å²) in [5, 5.41) is 0. The molecular formula is C13H19N. The van der Waals surface area contributed by atoms with Gasteiger partial charge in [0.05, 0.1) is 0 Å². The first-order chi connectivity index (χ1) is 6.65. The van der Waals surface area contributed by atoms with Crippen molar-refractivity contribution in [2.75, 3.05) is 14.1 Å².